The Labute approximate surface area is 98.6 Å². The van der Waals surface area contributed by atoms with Crippen molar-refractivity contribution in [3.05, 3.63) is 60.2 Å². The van der Waals surface area contributed by atoms with Gasteiger partial charge in [0.25, 0.3) is 0 Å². The largest absolute Gasteiger partial charge is 0.103 e. The van der Waals surface area contributed by atoms with E-state index in [0.29, 0.717) is 0 Å². The second-order valence-electron chi connectivity index (χ2n) is 4.55. The molecule has 16 heavy (non-hydrogen) atoms. The van der Waals surface area contributed by atoms with Gasteiger partial charge in [0.2, 0.25) is 0 Å². The molecule has 0 N–H and O–H groups in total. The third kappa shape index (κ3) is 1.72. The van der Waals surface area contributed by atoms with Gasteiger partial charge in [-0.25, -0.2) is 0 Å². The molecule has 1 aliphatic rings. The van der Waals surface area contributed by atoms with Crippen molar-refractivity contribution in [3.63, 3.8) is 0 Å². The van der Waals surface area contributed by atoms with Crippen LogP contribution < -0.4 is 10.4 Å². The maximum Gasteiger partial charge on any atom is 0.103 e. The minimum Gasteiger partial charge on any atom is -0.0629 e. The van der Waals surface area contributed by atoms with Crippen LogP contribution in [-0.4, -0.2) is 8.80 Å². The number of hydrogen-bond acceptors (Lipinski definition) is 0. The standard InChI is InChI=1S/C15H16Si/c1-2-9-14(10-3-1)16-12-6-8-13-7-4-5-11-15(13)16/h1-5,7,9-11,16H,6,8,12H2. The third-order valence-electron chi connectivity index (χ3n) is 3.57. The second kappa shape index (κ2) is 4.26. The zero-order chi connectivity index (χ0) is 10.8. The number of aryl methyl sites for hydroxylation is 1. The van der Waals surface area contributed by atoms with Gasteiger partial charge < -0.3 is 0 Å². The van der Waals surface area contributed by atoms with Gasteiger partial charge in [-0.05, 0) is 12.0 Å². The molecule has 1 atom stereocenters. The first kappa shape index (κ1) is 9.85. The van der Waals surface area contributed by atoms with Crippen LogP contribution in [-0.2, 0) is 6.42 Å². The SMILES string of the molecule is c1ccc([SiH]2CCCc3ccccc32)cc1. The highest BCUT2D eigenvalue weighted by Crippen LogP contribution is 2.14. The fourth-order valence-corrected chi connectivity index (χ4v) is 6.12. The molecule has 80 valence electrons. The lowest BCUT2D eigenvalue weighted by atomic mass is 10.1. The number of rotatable bonds is 1. The van der Waals surface area contributed by atoms with Crippen molar-refractivity contribution >= 4 is 19.2 Å². The first-order chi connectivity index (χ1) is 7.95. The maximum absolute atomic E-state index is 2.36. The monoisotopic (exact) mass is 224 g/mol. The zero-order valence-corrected chi connectivity index (χ0v) is 10.5. The molecule has 0 fully saturated rings. The lowest BCUT2D eigenvalue weighted by molar-refractivity contribution is 0.901. The van der Waals surface area contributed by atoms with Crippen LogP contribution in [0.5, 0.6) is 0 Å². The average molecular weight is 224 g/mol. The van der Waals surface area contributed by atoms with Crippen LogP contribution in [0.25, 0.3) is 0 Å². The van der Waals surface area contributed by atoms with Gasteiger partial charge in [0.05, 0.1) is 0 Å². The lowest BCUT2D eigenvalue weighted by Gasteiger charge is -2.24. The summed E-state index contributed by atoms with van der Waals surface area (Å²) in [4.78, 5) is 0. The summed E-state index contributed by atoms with van der Waals surface area (Å²) in [5.74, 6) is 0. The van der Waals surface area contributed by atoms with Gasteiger partial charge in [0.1, 0.15) is 8.80 Å². The molecule has 0 saturated heterocycles. The van der Waals surface area contributed by atoms with Crippen LogP contribution in [0.3, 0.4) is 0 Å². The Morgan fingerprint density at radius 2 is 1.56 bits per heavy atom. The Kier molecular flexibility index (Phi) is 2.62. The molecule has 0 radical (unpaired) electrons. The average Bonchev–Trinajstić information content (AvgIpc) is 2.39. The van der Waals surface area contributed by atoms with E-state index in [1.54, 1.807) is 15.9 Å². The van der Waals surface area contributed by atoms with E-state index in [9.17, 15) is 0 Å². The Morgan fingerprint density at radius 3 is 2.44 bits per heavy atom. The van der Waals surface area contributed by atoms with Crippen molar-refractivity contribution in [1.29, 1.82) is 0 Å². The predicted octanol–water partition coefficient (Wildman–Crippen LogP) is 1.97. The molecule has 2 aromatic rings. The van der Waals surface area contributed by atoms with Gasteiger partial charge >= 0.3 is 0 Å². The minimum absolute atomic E-state index is 0.882. The molecule has 0 nitrogen and oxygen atoms in total. The van der Waals surface area contributed by atoms with E-state index in [2.05, 4.69) is 54.6 Å². The first-order valence-corrected chi connectivity index (χ1v) is 8.05. The summed E-state index contributed by atoms with van der Waals surface area (Å²) in [7, 11) is -0.882. The van der Waals surface area contributed by atoms with Crippen LogP contribution in [0.15, 0.2) is 54.6 Å². The van der Waals surface area contributed by atoms with E-state index in [0.717, 1.165) is 0 Å². The van der Waals surface area contributed by atoms with Gasteiger partial charge in [-0.1, -0.05) is 77.4 Å². The quantitative estimate of drug-likeness (QED) is 0.650. The van der Waals surface area contributed by atoms with Gasteiger partial charge in [0, 0.05) is 0 Å². The van der Waals surface area contributed by atoms with Crippen molar-refractivity contribution in [2.45, 2.75) is 18.9 Å². The first-order valence-electron chi connectivity index (χ1n) is 6.08. The Hall–Kier alpha value is -1.34. The third-order valence-corrected chi connectivity index (χ3v) is 7.06. The molecule has 0 bridgehead atoms. The fraction of sp³-hybridized carbons (Fsp3) is 0.200. The molecular weight excluding hydrogens is 208 g/mol. The van der Waals surface area contributed by atoms with E-state index in [1.807, 2.05) is 0 Å². The van der Waals surface area contributed by atoms with Crippen LogP contribution in [0.2, 0.25) is 6.04 Å². The lowest BCUT2D eigenvalue weighted by Crippen LogP contribution is -2.45. The molecule has 1 heteroatoms. The zero-order valence-electron chi connectivity index (χ0n) is 9.39. The van der Waals surface area contributed by atoms with Gasteiger partial charge in [-0.15, -0.1) is 0 Å². The van der Waals surface area contributed by atoms with Crippen molar-refractivity contribution in [1.82, 2.24) is 0 Å². The van der Waals surface area contributed by atoms with Crippen molar-refractivity contribution < 1.29 is 0 Å². The van der Waals surface area contributed by atoms with E-state index >= 15 is 0 Å². The number of fused-ring (bicyclic) bond motifs is 1. The molecule has 2 aromatic carbocycles. The minimum atomic E-state index is -0.882. The Bertz CT molecular complexity index is 476. The van der Waals surface area contributed by atoms with Gasteiger partial charge in [-0.2, -0.15) is 0 Å². The van der Waals surface area contributed by atoms with E-state index < -0.39 is 8.80 Å². The topological polar surface area (TPSA) is 0 Å². The summed E-state index contributed by atoms with van der Waals surface area (Å²) in [5, 5.41) is 3.29. The summed E-state index contributed by atoms with van der Waals surface area (Å²) in [6.07, 6.45) is 2.66. The van der Waals surface area contributed by atoms with Crippen molar-refractivity contribution in [2.75, 3.05) is 0 Å². The number of hydrogen-bond donors (Lipinski definition) is 0. The predicted molar refractivity (Wildman–Crippen MR) is 72.4 cm³/mol. The summed E-state index contributed by atoms with van der Waals surface area (Å²) in [5.41, 5.74) is 1.61. The van der Waals surface area contributed by atoms with E-state index in [-0.39, 0.29) is 0 Å². The van der Waals surface area contributed by atoms with Crippen LogP contribution >= 0.6 is 0 Å². The highest BCUT2D eigenvalue weighted by molar-refractivity contribution is 6.85. The highest BCUT2D eigenvalue weighted by atomic mass is 28.3. The summed E-state index contributed by atoms with van der Waals surface area (Å²) < 4.78 is 0. The highest BCUT2D eigenvalue weighted by Gasteiger charge is 2.22. The molecule has 0 aromatic heterocycles. The molecule has 0 spiro atoms. The van der Waals surface area contributed by atoms with Crippen LogP contribution in [0.4, 0.5) is 0 Å². The number of benzene rings is 2. The van der Waals surface area contributed by atoms with Crippen LogP contribution in [0, 0.1) is 0 Å². The molecule has 1 aliphatic heterocycles. The summed E-state index contributed by atoms with van der Waals surface area (Å²) in [6, 6.07) is 21.6. The van der Waals surface area contributed by atoms with Gasteiger partial charge in [-0.3, -0.25) is 0 Å². The van der Waals surface area contributed by atoms with Crippen molar-refractivity contribution in [3.8, 4) is 0 Å². The summed E-state index contributed by atoms with van der Waals surface area (Å²) >= 11 is 0. The maximum atomic E-state index is 2.36. The fourth-order valence-electron chi connectivity index (χ4n) is 2.79. The van der Waals surface area contributed by atoms with Gasteiger partial charge in [0.15, 0.2) is 0 Å². The molecule has 1 heterocycles. The van der Waals surface area contributed by atoms with Crippen LogP contribution in [0.1, 0.15) is 12.0 Å². The molecule has 3 rings (SSSR count). The molecule has 0 amide bonds. The molecule has 1 unspecified atom stereocenters. The van der Waals surface area contributed by atoms with Crippen molar-refractivity contribution in [2.24, 2.45) is 0 Å². The summed E-state index contributed by atoms with van der Waals surface area (Å²) in [6.45, 7) is 0. The second-order valence-corrected chi connectivity index (χ2v) is 7.53. The molecular formula is C15H16Si. The van der Waals surface area contributed by atoms with E-state index in [4.69, 9.17) is 0 Å². The molecule has 0 saturated carbocycles. The Balaban J connectivity index is 2.05. The smallest absolute Gasteiger partial charge is 0.0629 e. The van der Waals surface area contributed by atoms with E-state index in [1.165, 1.54) is 18.9 Å². The normalized spacial score (nSPS) is 19.1. The molecule has 0 aliphatic carbocycles. The Morgan fingerprint density at radius 1 is 0.812 bits per heavy atom.